The fraction of sp³-hybridized carbons (Fsp3) is 0.278. The Bertz CT molecular complexity index is 964. The largest absolute Gasteiger partial charge is 0.326 e. The topological polar surface area (TPSA) is 48.5 Å². The lowest BCUT2D eigenvalue weighted by atomic mass is 10.2. The third kappa shape index (κ3) is 2.48. The van der Waals surface area contributed by atoms with Crippen LogP contribution in [0.5, 0.6) is 0 Å². The number of rotatable bonds is 4. The zero-order valence-corrected chi connectivity index (χ0v) is 13.3. The monoisotopic (exact) mass is 305 g/mol. The molecule has 0 aliphatic heterocycles. The summed E-state index contributed by atoms with van der Waals surface area (Å²) in [6, 6.07) is 16.3. The Hall–Kier alpha value is -2.69. The maximum atomic E-state index is 4.82. The van der Waals surface area contributed by atoms with Crippen LogP contribution >= 0.6 is 0 Å². The lowest BCUT2D eigenvalue weighted by Crippen LogP contribution is -2.12. The van der Waals surface area contributed by atoms with Gasteiger partial charge in [-0.05, 0) is 30.2 Å². The zero-order chi connectivity index (χ0) is 15.8. The fourth-order valence-electron chi connectivity index (χ4n) is 2.98. The second-order valence-electron chi connectivity index (χ2n) is 6.26. The van der Waals surface area contributed by atoms with Crippen LogP contribution in [0, 0.1) is 5.92 Å². The van der Waals surface area contributed by atoms with Gasteiger partial charge in [-0.3, -0.25) is 0 Å². The standard InChI is InChI=1S/C18H19N5/c1-13(2)11-22-16-9-5-3-7-14(16)19-18(22)12-23-17-10-6-4-8-15(17)20-21-23/h3-10,13H,11-12H2,1-2H3. The minimum absolute atomic E-state index is 0.554. The number of para-hydroxylation sites is 3. The molecule has 0 spiro atoms. The summed E-state index contributed by atoms with van der Waals surface area (Å²) in [6.07, 6.45) is 0. The summed E-state index contributed by atoms with van der Waals surface area (Å²) in [7, 11) is 0. The van der Waals surface area contributed by atoms with E-state index in [1.165, 1.54) is 5.52 Å². The summed E-state index contributed by atoms with van der Waals surface area (Å²) in [5.41, 5.74) is 4.17. The summed E-state index contributed by atoms with van der Waals surface area (Å²) in [5, 5.41) is 8.53. The first-order valence-electron chi connectivity index (χ1n) is 7.95. The molecule has 0 unspecified atom stereocenters. The molecule has 5 heteroatoms. The SMILES string of the molecule is CC(C)Cn1c(Cn2nnc3ccccc32)nc2ccccc21. The minimum Gasteiger partial charge on any atom is -0.326 e. The number of nitrogens with zero attached hydrogens (tertiary/aromatic N) is 5. The smallest absolute Gasteiger partial charge is 0.131 e. The average molecular weight is 305 g/mol. The van der Waals surface area contributed by atoms with Crippen LogP contribution in [0.15, 0.2) is 48.5 Å². The van der Waals surface area contributed by atoms with Crippen molar-refractivity contribution in [2.24, 2.45) is 5.92 Å². The van der Waals surface area contributed by atoms with Gasteiger partial charge in [-0.2, -0.15) is 0 Å². The molecular formula is C18H19N5. The molecule has 0 aliphatic rings. The number of hydrogen-bond donors (Lipinski definition) is 0. The molecule has 4 rings (SSSR count). The molecule has 116 valence electrons. The van der Waals surface area contributed by atoms with E-state index in [0.717, 1.165) is 28.9 Å². The van der Waals surface area contributed by atoms with Crippen LogP contribution in [-0.2, 0) is 13.1 Å². The third-order valence-electron chi connectivity index (χ3n) is 3.99. The normalized spacial score (nSPS) is 11.8. The van der Waals surface area contributed by atoms with E-state index < -0.39 is 0 Å². The quantitative estimate of drug-likeness (QED) is 0.580. The highest BCUT2D eigenvalue weighted by Crippen LogP contribution is 2.19. The highest BCUT2D eigenvalue weighted by Gasteiger charge is 2.13. The zero-order valence-electron chi connectivity index (χ0n) is 13.3. The van der Waals surface area contributed by atoms with Crippen LogP contribution in [0.25, 0.3) is 22.1 Å². The summed E-state index contributed by atoms with van der Waals surface area (Å²) in [4.78, 5) is 4.82. The second kappa shape index (κ2) is 5.50. The molecule has 0 saturated heterocycles. The van der Waals surface area contributed by atoms with E-state index in [1.807, 2.05) is 35.0 Å². The molecule has 0 amide bonds. The fourth-order valence-corrected chi connectivity index (χ4v) is 2.98. The van der Waals surface area contributed by atoms with Crippen LogP contribution in [0.1, 0.15) is 19.7 Å². The molecule has 2 aromatic heterocycles. The second-order valence-corrected chi connectivity index (χ2v) is 6.26. The van der Waals surface area contributed by atoms with Crippen LogP contribution in [-0.4, -0.2) is 24.5 Å². The van der Waals surface area contributed by atoms with E-state index in [2.05, 4.69) is 46.9 Å². The van der Waals surface area contributed by atoms with Gasteiger partial charge in [0.2, 0.25) is 0 Å². The van der Waals surface area contributed by atoms with Gasteiger partial charge in [0.1, 0.15) is 17.9 Å². The first kappa shape index (κ1) is 13.9. The first-order valence-corrected chi connectivity index (χ1v) is 7.95. The van der Waals surface area contributed by atoms with Crippen molar-refractivity contribution in [1.29, 1.82) is 0 Å². The lowest BCUT2D eigenvalue weighted by Gasteiger charge is -2.12. The van der Waals surface area contributed by atoms with Crippen molar-refractivity contribution in [3.05, 3.63) is 54.4 Å². The molecule has 2 aromatic carbocycles. The van der Waals surface area contributed by atoms with Crippen molar-refractivity contribution >= 4 is 22.1 Å². The number of hydrogen-bond acceptors (Lipinski definition) is 3. The number of imidazole rings is 1. The van der Waals surface area contributed by atoms with E-state index in [0.29, 0.717) is 12.5 Å². The predicted octanol–water partition coefficient (Wildman–Crippen LogP) is 3.49. The van der Waals surface area contributed by atoms with E-state index in [-0.39, 0.29) is 0 Å². The molecule has 4 aromatic rings. The maximum absolute atomic E-state index is 4.82. The van der Waals surface area contributed by atoms with Gasteiger partial charge in [0.15, 0.2) is 0 Å². The van der Waals surface area contributed by atoms with Gasteiger partial charge in [0.25, 0.3) is 0 Å². The van der Waals surface area contributed by atoms with Gasteiger partial charge in [-0.25, -0.2) is 9.67 Å². The molecule has 5 nitrogen and oxygen atoms in total. The van der Waals surface area contributed by atoms with Gasteiger partial charge in [0.05, 0.1) is 16.6 Å². The highest BCUT2D eigenvalue weighted by molar-refractivity contribution is 5.76. The Balaban J connectivity index is 1.81. The Morgan fingerprint density at radius 1 is 0.913 bits per heavy atom. The summed E-state index contributed by atoms with van der Waals surface area (Å²) in [5.74, 6) is 1.58. The average Bonchev–Trinajstić information content (AvgIpc) is 3.10. The summed E-state index contributed by atoms with van der Waals surface area (Å²) in [6.45, 7) is 6.03. The molecular weight excluding hydrogens is 286 g/mol. The van der Waals surface area contributed by atoms with E-state index in [4.69, 9.17) is 4.98 Å². The van der Waals surface area contributed by atoms with Crippen molar-refractivity contribution in [2.45, 2.75) is 26.9 Å². The number of benzene rings is 2. The van der Waals surface area contributed by atoms with Crippen molar-refractivity contribution in [2.75, 3.05) is 0 Å². The van der Waals surface area contributed by atoms with E-state index >= 15 is 0 Å². The van der Waals surface area contributed by atoms with Crippen molar-refractivity contribution < 1.29 is 0 Å². The van der Waals surface area contributed by atoms with Gasteiger partial charge in [0, 0.05) is 6.54 Å². The summed E-state index contributed by atoms with van der Waals surface area (Å²) < 4.78 is 4.23. The Labute approximate surface area is 134 Å². The Morgan fingerprint density at radius 3 is 2.39 bits per heavy atom. The van der Waals surface area contributed by atoms with E-state index in [9.17, 15) is 0 Å². The molecule has 23 heavy (non-hydrogen) atoms. The van der Waals surface area contributed by atoms with Crippen molar-refractivity contribution in [3.63, 3.8) is 0 Å². The molecule has 0 atom stereocenters. The maximum Gasteiger partial charge on any atom is 0.131 e. The van der Waals surface area contributed by atoms with Crippen LogP contribution in [0.4, 0.5) is 0 Å². The van der Waals surface area contributed by atoms with E-state index in [1.54, 1.807) is 0 Å². The number of fused-ring (bicyclic) bond motifs is 2. The Kier molecular flexibility index (Phi) is 3.33. The van der Waals surface area contributed by atoms with Crippen LogP contribution < -0.4 is 0 Å². The van der Waals surface area contributed by atoms with Gasteiger partial charge < -0.3 is 4.57 Å². The lowest BCUT2D eigenvalue weighted by molar-refractivity contribution is 0.504. The summed E-state index contributed by atoms with van der Waals surface area (Å²) >= 11 is 0. The molecule has 2 heterocycles. The molecule has 0 saturated carbocycles. The highest BCUT2D eigenvalue weighted by atomic mass is 15.4. The third-order valence-corrected chi connectivity index (χ3v) is 3.99. The number of aromatic nitrogens is 5. The van der Waals surface area contributed by atoms with Crippen molar-refractivity contribution in [1.82, 2.24) is 24.5 Å². The Morgan fingerprint density at radius 2 is 1.61 bits per heavy atom. The molecule has 0 radical (unpaired) electrons. The van der Waals surface area contributed by atoms with Gasteiger partial charge in [-0.15, -0.1) is 5.10 Å². The van der Waals surface area contributed by atoms with Gasteiger partial charge in [-0.1, -0.05) is 43.3 Å². The van der Waals surface area contributed by atoms with Crippen LogP contribution in [0.2, 0.25) is 0 Å². The molecule has 0 bridgehead atoms. The van der Waals surface area contributed by atoms with Crippen LogP contribution in [0.3, 0.4) is 0 Å². The molecule has 0 fully saturated rings. The predicted molar refractivity (Wildman–Crippen MR) is 91.2 cm³/mol. The van der Waals surface area contributed by atoms with Crippen molar-refractivity contribution in [3.8, 4) is 0 Å². The first-order chi connectivity index (χ1) is 11.2. The minimum atomic E-state index is 0.554. The molecule has 0 N–H and O–H groups in total. The van der Waals surface area contributed by atoms with Gasteiger partial charge >= 0.3 is 0 Å². The molecule has 0 aliphatic carbocycles.